The fourth-order valence-corrected chi connectivity index (χ4v) is 1.94. The lowest BCUT2D eigenvalue weighted by Crippen LogP contribution is -2.39. The first-order valence-electron chi connectivity index (χ1n) is 5.87. The van der Waals surface area contributed by atoms with Gasteiger partial charge in [0, 0.05) is 19.2 Å². The fourth-order valence-electron chi connectivity index (χ4n) is 1.94. The Kier molecular flexibility index (Phi) is 4.97. The van der Waals surface area contributed by atoms with Gasteiger partial charge in [0.25, 0.3) is 0 Å². The van der Waals surface area contributed by atoms with Crippen molar-refractivity contribution in [2.45, 2.75) is 39.0 Å². The molecule has 16 heavy (non-hydrogen) atoms. The topological polar surface area (TPSA) is 12.5 Å². The zero-order chi connectivity index (χ0) is 12.1. The van der Waals surface area contributed by atoms with Crippen LogP contribution in [0.3, 0.4) is 0 Å². The van der Waals surface area contributed by atoms with Crippen LogP contribution < -0.4 is 0 Å². The Balaban J connectivity index is 2.83. The molecule has 2 atom stereocenters. The third kappa shape index (κ3) is 3.06. The quantitative estimate of drug-likeness (QED) is 0.757. The van der Waals surface area contributed by atoms with Crippen molar-refractivity contribution in [3.63, 3.8) is 0 Å². The predicted octanol–water partition coefficient (Wildman–Crippen LogP) is 3.10. The molecule has 1 aromatic carbocycles. The number of nitrogens with zero attached hydrogens (tertiary/aromatic N) is 1. The number of rotatable bonds is 5. The summed E-state index contributed by atoms with van der Waals surface area (Å²) in [6.45, 7) is 6.61. The monoisotopic (exact) mass is 221 g/mol. The van der Waals surface area contributed by atoms with E-state index in [2.05, 4.69) is 57.0 Å². The first kappa shape index (κ1) is 13.2. The molecular weight excluding hydrogens is 198 g/mol. The molecule has 0 amide bonds. The van der Waals surface area contributed by atoms with Crippen LogP contribution in [0.15, 0.2) is 30.3 Å². The number of methoxy groups -OCH3 is 1. The van der Waals surface area contributed by atoms with E-state index >= 15 is 0 Å². The van der Waals surface area contributed by atoms with Crippen LogP contribution >= 0.6 is 0 Å². The molecule has 0 fully saturated rings. The second-order valence-corrected chi connectivity index (χ2v) is 4.57. The Morgan fingerprint density at radius 1 is 1.06 bits per heavy atom. The standard InChI is InChI=1S/C14H23NO/c1-11(2)15(4)12(3)14(16-5)13-9-7-6-8-10-13/h6-12,14H,1-5H3. The molecule has 0 aliphatic rings. The maximum absolute atomic E-state index is 5.63. The van der Waals surface area contributed by atoms with Gasteiger partial charge in [-0.1, -0.05) is 30.3 Å². The van der Waals surface area contributed by atoms with Crippen molar-refractivity contribution in [1.29, 1.82) is 0 Å². The van der Waals surface area contributed by atoms with E-state index in [-0.39, 0.29) is 6.10 Å². The third-order valence-electron chi connectivity index (χ3n) is 3.28. The minimum absolute atomic E-state index is 0.133. The summed E-state index contributed by atoms with van der Waals surface area (Å²) in [4.78, 5) is 2.33. The van der Waals surface area contributed by atoms with E-state index < -0.39 is 0 Å². The van der Waals surface area contributed by atoms with Gasteiger partial charge in [0.15, 0.2) is 0 Å². The lowest BCUT2D eigenvalue weighted by molar-refractivity contribution is 0.0195. The first-order valence-corrected chi connectivity index (χ1v) is 5.87. The Bertz CT molecular complexity index is 297. The fraction of sp³-hybridized carbons (Fsp3) is 0.571. The lowest BCUT2D eigenvalue weighted by Gasteiger charge is -2.34. The van der Waals surface area contributed by atoms with E-state index in [0.29, 0.717) is 12.1 Å². The minimum Gasteiger partial charge on any atom is -0.375 e. The van der Waals surface area contributed by atoms with Crippen LogP contribution in [0.25, 0.3) is 0 Å². The molecule has 0 aromatic heterocycles. The zero-order valence-corrected chi connectivity index (χ0v) is 11.0. The molecule has 0 heterocycles. The SMILES string of the molecule is COC(c1ccccc1)C(C)N(C)C(C)C. The van der Waals surface area contributed by atoms with E-state index in [1.807, 2.05) is 6.07 Å². The molecular formula is C14H23NO. The second-order valence-electron chi connectivity index (χ2n) is 4.57. The summed E-state index contributed by atoms with van der Waals surface area (Å²) in [7, 11) is 3.92. The van der Waals surface area contributed by atoms with E-state index in [0.717, 1.165) is 0 Å². The summed E-state index contributed by atoms with van der Waals surface area (Å²) in [5, 5.41) is 0. The second kappa shape index (κ2) is 6.02. The van der Waals surface area contributed by atoms with Crippen LogP contribution in [0, 0.1) is 0 Å². The van der Waals surface area contributed by atoms with E-state index in [4.69, 9.17) is 4.74 Å². The molecule has 90 valence electrons. The van der Waals surface area contributed by atoms with Gasteiger partial charge < -0.3 is 4.74 Å². The number of benzene rings is 1. The number of hydrogen-bond acceptors (Lipinski definition) is 2. The molecule has 0 spiro atoms. The number of likely N-dealkylation sites (N-methyl/N-ethyl adjacent to an activating group) is 1. The molecule has 0 saturated heterocycles. The van der Waals surface area contributed by atoms with Crippen molar-refractivity contribution in [3.05, 3.63) is 35.9 Å². The summed E-state index contributed by atoms with van der Waals surface area (Å²) in [6, 6.07) is 11.3. The average molecular weight is 221 g/mol. The number of hydrogen-bond donors (Lipinski definition) is 0. The summed E-state index contributed by atoms with van der Waals surface area (Å²) in [5.74, 6) is 0. The molecule has 0 aliphatic heterocycles. The zero-order valence-electron chi connectivity index (χ0n) is 11.0. The predicted molar refractivity (Wildman–Crippen MR) is 68.6 cm³/mol. The first-order chi connectivity index (χ1) is 7.57. The van der Waals surface area contributed by atoms with E-state index in [1.165, 1.54) is 5.56 Å². The Labute approximate surface area is 99.2 Å². The largest absolute Gasteiger partial charge is 0.375 e. The van der Waals surface area contributed by atoms with E-state index in [9.17, 15) is 0 Å². The van der Waals surface area contributed by atoms with Crippen LogP contribution in [0.1, 0.15) is 32.4 Å². The number of ether oxygens (including phenoxy) is 1. The molecule has 2 unspecified atom stereocenters. The molecule has 0 N–H and O–H groups in total. The molecule has 0 saturated carbocycles. The van der Waals surface area contributed by atoms with Crippen LogP contribution in [0.5, 0.6) is 0 Å². The van der Waals surface area contributed by atoms with Gasteiger partial charge in [0.05, 0.1) is 6.10 Å². The normalized spacial score (nSPS) is 15.4. The highest BCUT2D eigenvalue weighted by molar-refractivity contribution is 5.19. The average Bonchev–Trinajstić information content (AvgIpc) is 2.30. The molecule has 0 aliphatic carbocycles. The molecule has 0 radical (unpaired) electrons. The molecule has 1 aromatic rings. The van der Waals surface area contributed by atoms with Crippen LogP contribution in [0.2, 0.25) is 0 Å². The van der Waals surface area contributed by atoms with Crippen molar-refractivity contribution in [2.24, 2.45) is 0 Å². The maximum atomic E-state index is 5.63. The summed E-state index contributed by atoms with van der Waals surface area (Å²) < 4.78 is 5.63. The summed E-state index contributed by atoms with van der Waals surface area (Å²) >= 11 is 0. The Morgan fingerprint density at radius 3 is 2.06 bits per heavy atom. The minimum atomic E-state index is 0.133. The molecule has 2 nitrogen and oxygen atoms in total. The Hall–Kier alpha value is -0.860. The van der Waals surface area contributed by atoms with Crippen molar-refractivity contribution in [2.75, 3.05) is 14.2 Å². The summed E-state index contributed by atoms with van der Waals surface area (Å²) in [6.07, 6.45) is 0.133. The van der Waals surface area contributed by atoms with Crippen LogP contribution in [-0.4, -0.2) is 31.1 Å². The molecule has 0 bridgehead atoms. The van der Waals surface area contributed by atoms with Crippen molar-refractivity contribution >= 4 is 0 Å². The highest BCUT2D eigenvalue weighted by Crippen LogP contribution is 2.24. The highest BCUT2D eigenvalue weighted by atomic mass is 16.5. The third-order valence-corrected chi connectivity index (χ3v) is 3.28. The summed E-state index contributed by atoms with van der Waals surface area (Å²) in [5.41, 5.74) is 1.24. The van der Waals surface area contributed by atoms with Gasteiger partial charge in [0.2, 0.25) is 0 Å². The molecule has 1 rings (SSSR count). The van der Waals surface area contributed by atoms with Crippen LogP contribution in [0.4, 0.5) is 0 Å². The van der Waals surface area contributed by atoms with Crippen molar-refractivity contribution in [1.82, 2.24) is 4.90 Å². The lowest BCUT2D eigenvalue weighted by atomic mass is 10.0. The highest BCUT2D eigenvalue weighted by Gasteiger charge is 2.23. The van der Waals surface area contributed by atoms with Gasteiger partial charge in [0.1, 0.15) is 0 Å². The van der Waals surface area contributed by atoms with Gasteiger partial charge in [-0.15, -0.1) is 0 Å². The van der Waals surface area contributed by atoms with Crippen molar-refractivity contribution < 1.29 is 4.74 Å². The van der Waals surface area contributed by atoms with Crippen molar-refractivity contribution in [3.8, 4) is 0 Å². The molecule has 2 heteroatoms. The maximum Gasteiger partial charge on any atom is 0.0973 e. The smallest absolute Gasteiger partial charge is 0.0973 e. The van der Waals surface area contributed by atoms with Gasteiger partial charge in [-0.2, -0.15) is 0 Å². The van der Waals surface area contributed by atoms with Crippen LogP contribution in [-0.2, 0) is 4.74 Å². The Morgan fingerprint density at radius 2 is 1.62 bits per heavy atom. The van der Waals surface area contributed by atoms with Gasteiger partial charge >= 0.3 is 0 Å². The van der Waals surface area contributed by atoms with Gasteiger partial charge in [-0.3, -0.25) is 4.90 Å². The van der Waals surface area contributed by atoms with E-state index in [1.54, 1.807) is 7.11 Å². The van der Waals surface area contributed by atoms with Gasteiger partial charge in [-0.25, -0.2) is 0 Å². The van der Waals surface area contributed by atoms with Gasteiger partial charge in [-0.05, 0) is 33.4 Å².